The van der Waals surface area contributed by atoms with Gasteiger partial charge < -0.3 is 25.6 Å². The molecule has 196 valence electrons. The van der Waals surface area contributed by atoms with Crippen LogP contribution in [0.2, 0.25) is 0 Å². The molecule has 10 heteroatoms. The maximum absolute atomic E-state index is 13.4. The van der Waals surface area contributed by atoms with Crippen LogP contribution in [0.25, 0.3) is 0 Å². The molecule has 1 unspecified atom stereocenters. The van der Waals surface area contributed by atoms with E-state index >= 15 is 0 Å². The number of hydrogen-bond acceptors (Lipinski definition) is 8. The number of nitrogens with one attached hydrogen (secondary N) is 4. The minimum absolute atomic E-state index is 0.0271. The topological polar surface area (TPSA) is 103 Å². The summed E-state index contributed by atoms with van der Waals surface area (Å²) in [5.41, 5.74) is 4.96. The Balaban J connectivity index is 1.43. The van der Waals surface area contributed by atoms with Gasteiger partial charge in [0.25, 0.3) is 0 Å². The SMILES string of the molecule is C=S(=O)(NC(C)C)c1ccccc1Nc1nc(Nc2ccc(N3CCOCC3)cc2C)nc2c1CCN2. The molecule has 2 aromatic carbocycles. The lowest BCUT2D eigenvalue weighted by Crippen LogP contribution is -2.36. The molecule has 4 N–H and O–H groups in total. The fourth-order valence-corrected chi connectivity index (χ4v) is 6.35. The van der Waals surface area contributed by atoms with Gasteiger partial charge in [0.15, 0.2) is 0 Å². The fraction of sp³-hybridized carbons (Fsp3) is 0.370. The first kappa shape index (κ1) is 25.3. The third-order valence-electron chi connectivity index (χ3n) is 6.43. The van der Waals surface area contributed by atoms with Crippen molar-refractivity contribution < 1.29 is 8.95 Å². The Morgan fingerprint density at radius 2 is 1.86 bits per heavy atom. The first-order valence-corrected chi connectivity index (χ1v) is 14.4. The molecule has 1 aromatic heterocycles. The Bertz CT molecular complexity index is 1390. The third-order valence-corrected chi connectivity index (χ3v) is 8.35. The minimum atomic E-state index is -2.70. The Kier molecular flexibility index (Phi) is 7.23. The lowest BCUT2D eigenvalue weighted by molar-refractivity contribution is 0.122. The number of para-hydroxylation sites is 1. The zero-order valence-corrected chi connectivity index (χ0v) is 22.5. The van der Waals surface area contributed by atoms with Crippen LogP contribution in [0.15, 0.2) is 47.4 Å². The molecule has 0 aliphatic carbocycles. The van der Waals surface area contributed by atoms with Crippen LogP contribution in [0.5, 0.6) is 0 Å². The molecule has 0 bridgehead atoms. The van der Waals surface area contributed by atoms with Crippen LogP contribution in [0.4, 0.5) is 34.6 Å². The van der Waals surface area contributed by atoms with Crippen LogP contribution in [0.1, 0.15) is 25.0 Å². The Morgan fingerprint density at radius 3 is 2.62 bits per heavy atom. The summed E-state index contributed by atoms with van der Waals surface area (Å²) < 4.78 is 22.0. The first-order valence-electron chi connectivity index (χ1n) is 12.7. The van der Waals surface area contributed by atoms with Crippen molar-refractivity contribution in [2.24, 2.45) is 0 Å². The maximum atomic E-state index is 13.4. The number of hydrogen-bond donors (Lipinski definition) is 4. The van der Waals surface area contributed by atoms with Crippen molar-refractivity contribution in [3.63, 3.8) is 0 Å². The average molecular weight is 522 g/mol. The molecule has 1 atom stereocenters. The van der Waals surface area contributed by atoms with E-state index in [1.807, 2.05) is 38.1 Å². The highest BCUT2D eigenvalue weighted by atomic mass is 32.2. The van der Waals surface area contributed by atoms with E-state index < -0.39 is 9.71 Å². The molecule has 37 heavy (non-hydrogen) atoms. The van der Waals surface area contributed by atoms with Gasteiger partial charge in [-0.15, -0.1) is 0 Å². The first-order chi connectivity index (χ1) is 17.8. The summed E-state index contributed by atoms with van der Waals surface area (Å²) in [5, 5.41) is 10.2. The van der Waals surface area contributed by atoms with E-state index in [9.17, 15) is 4.21 Å². The molecule has 0 amide bonds. The van der Waals surface area contributed by atoms with Crippen LogP contribution in [-0.2, 0) is 20.9 Å². The lowest BCUT2D eigenvalue weighted by atomic mass is 10.1. The highest BCUT2D eigenvalue weighted by Gasteiger charge is 2.22. The number of aromatic nitrogens is 2. The highest BCUT2D eigenvalue weighted by Crippen LogP contribution is 2.33. The molecule has 3 aromatic rings. The number of morpholine rings is 1. The summed E-state index contributed by atoms with van der Waals surface area (Å²) in [4.78, 5) is 12.5. The molecule has 1 saturated heterocycles. The number of rotatable bonds is 8. The summed E-state index contributed by atoms with van der Waals surface area (Å²) in [5.74, 6) is 5.97. The molecule has 5 rings (SSSR count). The van der Waals surface area contributed by atoms with Gasteiger partial charge in [-0.05, 0) is 69.0 Å². The second-order valence-corrected chi connectivity index (χ2v) is 11.7. The average Bonchev–Trinajstić information content (AvgIpc) is 3.34. The molecule has 0 spiro atoms. The van der Waals surface area contributed by atoms with Gasteiger partial charge in [0.05, 0.1) is 33.5 Å². The van der Waals surface area contributed by atoms with Gasteiger partial charge in [0.1, 0.15) is 11.6 Å². The summed E-state index contributed by atoms with van der Waals surface area (Å²) in [6.07, 6.45) is 0.803. The van der Waals surface area contributed by atoms with E-state index in [1.54, 1.807) is 0 Å². The van der Waals surface area contributed by atoms with Crippen LogP contribution >= 0.6 is 0 Å². The van der Waals surface area contributed by atoms with Crippen molar-refractivity contribution in [1.82, 2.24) is 14.7 Å². The number of aryl methyl sites for hydroxylation is 1. The maximum Gasteiger partial charge on any atom is 0.231 e. The zero-order valence-electron chi connectivity index (χ0n) is 21.6. The van der Waals surface area contributed by atoms with Gasteiger partial charge in [-0.2, -0.15) is 9.97 Å². The molecule has 0 radical (unpaired) electrons. The van der Waals surface area contributed by atoms with Gasteiger partial charge in [0.2, 0.25) is 5.95 Å². The highest BCUT2D eigenvalue weighted by molar-refractivity contribution is 7.98. The minimum Gasteiger partial charge on any atom is -0.378 e. The third kappa shape index (κ3) is 5.66. The van der Waals surface area contributed by atoms with Crippen molar-refractivity contribution in [2.45, 2.75) is 38.1 Å². The Morgan fingerprint density at radius 1 is 1.08 bits per heavy atom. The number of nitrogens with zero attached hydrogens (tertiary/aromatic N) is 3. The predicted molar refractivity (Wildman–Crippen MR) is 153 cm³/mol. The van der Waals surface area contributed by atoms with Gasteiger partial charge in [0, 0.05) is 42.6 Å². The van der Waals surface area contributed by atoms with Crippen molar-refractivity contribution >= 4 is 50.2 Å². The lowest BCUT2D eigenvalue weighted by Gasteiger charge is -2.29. The van der Waals surface area contributed by atoms with Gasteiger partial charge in [-0.1, -0.05) is 12.1 Å². The number of benzene rings is 2. The standard InChI is InChI=1S/C27H35N7O2S/c1-18(2)33-37(4,35)24-8-6-5-7-23(24)29-26-21-11-12-28-25(21)31-27(32-26)30-22-10-9-20(17-19(22)3)34-13-15-36-16-14-34/h5-10,17-18H,4,11-16H2,1-3H3,(H,33,35)(H3,28,29,30,31,32). The van der Waals surface area contributed by atoms with Gasteiger partial charge in [-0.25, -0.2) is 8.93 Å². The van der Waals surface area contributed by atoms with E-state index in [1.165, 1.54) is 5.69 Å². The molecule has 3 heterocycles. The number of anilines is 6. The molecule has 9 nitrogen and oxygen atoms in total. The van der Waals surface area contributed by atoms with Crippen LogP contribution in [0, 0.1) is 6.92 Å². The second-order valence-electron chi connectivity index (χ2n) is 9.69. The molecular weight excluding hydrogens is 486 g/mol. The molecule has 1 fully saturated rings. The fourth-order valence-electron chi connectivity index (χ4n) is 4.69. The Hall–Kier alpha value is -3.34. The van der Waals surface area contributed by atoms with Crippen LogP contribution in [0.3, 0.4) is 0 Å². The van der Waals surface area contributed by atoms with Crippen LogP contribution < -0.4 is 25.6 Å². The monoisotopic (exact) mass is 521 g/mol. The van der Waals surface area contributed by atoms with Crippen molar-refractivity contribution in [3.8, 4) is 0 Å². The summed E-state index contributed by atoms with van der Waals surface area (Å²) in [6.45, 7) is 10.1. The van der Waals surface area contributed by atoms with Gasteiger partial charge >= 0.3 is 0 Å². The van der Waals surface area contributed by atoms with E-state index in [4.69, 9.17) is 14.7 Å². The van der Waals surface area contributed by atoms with E-state index in [-0.39, 0.29) is 6.04 Å². The Labute approximate surface area is 219 Å². The van der Waals surface area contributed by atoms with E-state index in [0.29, 0.717) is 22.3 Å². The quantitative estimate of drug-likeness (QED) is 0.329. The molecule has 0 saturated carbocycles. The smallest absolute Gasteiger partial charge is 0.231 e. The van der Waals surface area contributed by atoms with Gasteiger partial charge in [-0.3, -0.25) is 0 Å². The summed E-state index contributed by atoms with van der Waals surface area (Å²) in [7, 11) is -2.70. The molecule has 2 aliphatic heterocycles. The zero-order chi connectivity index (χ0) is 26.0. The van der Waals surface area contributed by atoms with E-state index in [0.717, 1.165) is 61.9 Å². The van der Waals surface area contributed by atoms with E-state index in [2.05, 4.69) is 56.6 Å². The normalized spacial score (nSPS) is 16.7. The van der Waals surface area contributed by atoms with Crippen molar-refractivity contribution in [3.05, 3.63) is 53.6 Å². The summed E-state index contributed by atoms with van der Waals surface area (Å²) >= 11 is 0. The predicted octanol–water partition coefficient (Wildman–Crippen LogP) is 4.07. The van der Waals surface area contributed by atoms with Crippen LogP contribution in [-0.4, -0.2) is 58.9 Å². The molecular formula is C27H35N7O2S. The second kappa shape index (κ2) is 10.6. The summed E-state index contributed by atoms with van der Waals surface area (Å²) in [6, 6.07) is 13.9. The molecule has 2 aliphatic rings. The van der Waals surface area contributed by atoms with Crippen molar-refractivity contribution in [2.75, 3.05) is 53.7 Å². The number of fused-ring (bicyclic) bond motifs is 1. The van der Waals surface area contributed by atoms with Crippen molar-refractivity contribution in [1.29, 1.82) is 0 Å². The largest absolute Gasteiger partial charge is 0.378 e. The number of ether oxygens (including phenoxy) is 1.